The van der Waals surface area contributed by atoms with Gasteiger partial charge in [0, 0.05) is 55.9 Å². The Balaban J connectivity index is 2.90. The van der Waals surface area contributed by atoms with Gasteiger partial charge in [-0.15, -0.1) is 0 Å². The largest absolute Gasteiger partial charge is 0.383 e. The number of pyridine rings is 1. The van der Waals surface area contributed by atoms with E-state index in [1.165, 1.54) is 11.3 Å². The average molecular weight is 293 g/mol. The number of ether oxygens (including phenoxy) is 1. The second kappa shape index (κ2) is 8.35. The van der Waals surface area contributed by atoms with Gasteiger partial charge in [-0.3, -0.25) is 4.98 Å². The van der Waals surface area contributed by atoms with Gasteiger partial charge in [-0.2, -0.15) is 0 Å². The maximum atomic E-state index is 5.26. The number of aromatic nitrogens is 1. The number of rotatable bonds is 8. The van der Waals surface area contributed by atoms with Gasteiger partial charge in [0.05, 0.1) is 6.61 Å². The van der Waals surface area contributed by atoms with Crippen molar-refractivity contribution in [3.63, 3.8) is 0 Å². The predicted molar refractivity (Wildman–Crippen MR) is 89.8 cm³/mol. The van der Waals surface area contributed by atoms with Crippen LogP contribution in [0.1, 0.15) is 40.2 Å². The monoisotopic (exact) mass is 293 g/mol. The summed E-state index contributed by atoms with van der Waals surface area (Å²) in [6.45, 7) is 14.5. The molecule has 1 N–H and O–H groups in total. The van der Waals surface area contributed by atoms with Crippen molar-refractivity contribution < 1.29 is 4.74 Å². The first-order chi connectivity index (χ1) is 9.83. The Kier molecular flexibility index (Phi) is 7.12. The number of nitrogens with one attached hydrogen (secondary N) is 1. The van der Waals surface area contributed by atoms with Gasteiger partial charge in [0.25, 0.3) is 0 Å². The number of nitrogens with zero attached hydrogens (tertiary/aromatic N) is 2. The molecule has 0 spiro atoms. The van der Waals surface area contributed by atoms with Gasteiger partial charge in [-0.1, -0.05) is 13.8 Å². The molecule has 0 aliphatic rings. The molecule has 0 aliphatic heterocycles. The SMILES string of the molecule is COCCN(CC(C)C)c1ccncc1CNC(C)(C)C. The molecule has 0 aliphatic carbocycles. The molecule has 4 heteroatoms. The number of hydrogen-bond acceptors (Lipinski definition) is 4. The van der Waals surface area contributed by atoms with Gasteiger partial charge in [0.1, 0.15) is 0 Å². The normalized spacial score (nSPS) is 12.0. The molecule has 1 heterocycles. The second-order valence-electron chi connectivity index (χ2n) is 6.94. The van der Waals surface area contributed by atoms with E-state index in [4.69, 9.17) is 4.74 Å². The van der Waals surface area contributed by atoms with Crippen LogP contribution in [0.4, 0.5) is 5.69 Å². The zero-order valence-electron chi connectivity index (χ0n) is 14.4. The fourth-order valence-electron chi connectivity index (χ4n) is 2.18. The smallest absolute Gasteiger partial charge is 0.0637 e. The van der Waals surface area contributed by atoms with Crippen LogP contribution in [0.5, 0.6) is 0 Å². The topological polar surface area (TPSA) is 37.4 Å². The fraction of sp³-hybridized carbons (Fsp3) is 0.706. The highest BCUT2D eigenvalue weighted by molar-refractivity contribution is 5.52. The first kappa shape index (κ1) is 17.9. The van der Waals surface area contributed by atoms with E-state index in [2.05, 4.69) is 55.9 Å². The summed E-state index contributed by atoms with van der Waals surface area (Å²) in [5.41, 5.74) is 2.60. The van der Waals surface area contributed by atoms with E-state index in [1.54, 1.807) is 7.11 Å². The Morgan fingerprint density at radius 1 is 1.33 bits per heavy atom. The molecule has 0 fully saturated rings. The molecule has 120 valence electrons. The van der Waals surface area contributed by atoms with Crippen molar-refractivity contribution in [1.82, 2.24) is 10.3 Å². The Morgan fingerprint density at radius 2 is 2.05 bits per heavy atom. The first-order valence-corrected chi connectivity index (χ1v) is 7.75. The van der Waals surface area contributed by atoms with E-state index in [0.29, 0.717) is 5.92 Å². The van der Waals surface area contributed by atoms with Gasteiger partial charge >= 0.3 is 0 Å². The summed E-state index contributed by atoms with van der Waals surface area (Å²) in [7, 11) is 1.75. The molecule has 0 bridgehead atoms. The summed E-state index contributed by atoms with van der Waals surface area (Å²) in [6, 6.07) is 2.11. The van der Waals surface area contributed by atoms with Crippen molar-refractivity contribution in [2.45, 2.75) is 46.7 Å². The Bertz CT molecular complexity index is 413. The van der Waals surface area contributed by atoms with E-state index in [0.717, 1.165) is 26.2 Å². The Morgan fingerprint density at radius 3 is 2.62 bits per heavy atom. The molecule has 0 unspecified atom stereocenters. The molecule has 1 rings (SSSR count). The standard InChI is InChI=1S/C17H31N3O/c1-14(2)13-20(9-10-21-6)16-7-8-18-11-15(16)12-19-17(3,4)5/h7-8,11,14,19H,9-10,12-13H2,1-6H3. The van der Waals surface area contributed by atoms with Gasteiger partial charge in [-0.25, -0.2) is 0 Å². The summed E-state index contributed by atoms with van der Waals surface area (Å²) >= 11 is 0. The number of methoxy groups -OCH3 is 1. The van der Waals surface area contributed by atoms with Crippen LogP contribution in [0.2, 0.25) is 0 Å². The van der Waals surface area contributed by atoms with Crippen molar-refractivity contribution in [2.75, 3.05) is 31.7 Å². The van der Waals surface area contributed by atoms with Crippen molar-refractivity contribution in [1.29, 1.82) is 0 Å². The summed E-state index contributed by atoms with van der Waals surface area (Å²) in [5, 5.41) is 3.54. The van der Waals surface area contributed by atoms with E-state index in [9.17, 15) is 0 Å². The first-order valence-electron chi connectivity index (χ1n) is 7.75. The second-order valence-corrected chi connectivity index (χ2v) is 6.94. The number of anilines is 1. The van der Waals surface area contributed by atoms with Crippen LogP contribution in [-0.2, 0) is 11.3 Å². The molecule has 0 radical (unpaired) electrons. The predicted octanol–water partition coefficient (Wildman–Crippen LogP) is 3.08. The molecular formula is C17H31N3O. The molecule has 0 saturated heterocycles. The minimum atomic E-state index is 0.0997. The summed E-state index contributed by atoms with van der Waals surface area (Å²) < 4.78 is 5.26. The van der Waals surface area contributed by atoms with Gasteiger partial charge in [0.2, 0.25) is 0 Å². The molecule has 4 nitrogen and oxygen atoms in total. The highest BCUT2D eigenvalue weighted by atomic mass is 16.5. The zero-order valence-corrected chi connectivity index (χ0v) is 14.4. The van der Waals surface area contributed by atoms with Crippen LogP contribution in [0.3, 0.4) is 0 Å². The minimum absolute atomic E-state index is 0.0997. The third kappa shape index (κ3) is 6.91. The van der Waals surface area contributed by atoms with Crippen LogP contribution >= 0.6 is 0 Å². The van der Waals surface area contributed by atoms with Gasteiger partial charge < -0.3 is 15.0 Å². The molecule has 0 aromatic carbocycles. The van der Waals surface area contributed by atoms with Crippen LogP contribution < -0.4 is 10.2 Å². The lowest BCUT2D eigenvalue weighted by molar-refractivity contribution is 0.204. The highest BCUT2D eigenvalue weighted by Gasteiger charge is 2.15. The van der Waals surface area contributed by atoms with Crippen LogP contribution in [0.25, 0.3) is 0 Å². The molecule has 0 atom stereocenters. The molecule has 1 aromatic rings. The summed E-state index contributed by atoms with van der Waals surface area (Å²) in [5.74, 6) is 0.610. The van der Waals surface area contributed by atoms with Gasteiger partial charge in [-0.05, 0) is 32.8 Å². The van der Waals surface area contributed by atoms with Crippen molar-refractivity contribution in [3.05, 3.63) is 24.0 Å². The van der Waals surface area contributed by atoms with E-state index in [1.807, 2.05) is 12.4 Å². The molecule has 21 heavy (non-hydrogen) atoms. The van der Waals surface area contributed by atoms with Gasteiger partial charge in [0.15, 0.2) is 0 Å². The fourth-order valence-corrected chi connectivity index (χ4v) is 2.18. The Hall–Kier alpha value is -1.13. The zero-order chi connectivity index (χ0) is 15.9. The Labute approximate surface area is 129 Å². The molecule has 0 amide bonds. The molecular weight excluding hydrogens is 262 g/mol. The van der Waals surface area contributed by atoms with Crippen molar-refractivity contribution in [3.8, 4) is 0 Å². The lowest BCUT2D eigenvalue weighted by Crippen LogP contribution is -2.36. The molecule has 1 aromatic heterocycles. The maximum absolute atomic E-state index is 5.26. The maximum Gasteiger partial charge on any atom is 0.0637 e. The van der Waals surface area contributed by atoms with Crippen molar-refractivity contribution >= 4 is 5.69 Å². The lowest BCUT2D eigenvalue weighted by atomic mass is 10.1. The third-order valence-corrected chi connectivity index (χ3v) is 3.18. The summed E-state index contributed by atoms with van der Waals surface area (Å²) in [6.07, 6.45) is 3.84. The highest BCUT2D eigenvalue weighted by Crippen LogP contribution is 2.21. The summed E-state index contributed by atoms with van der Waals surface area (Å²) in [4.78, 5) is 6.69. The van der Waals surface area contributed by atoms with Crippen LogP contribution in [0, 0.1) is 5.92 Å². The third-order valence-electron chi connectivity index (χ3n) is 3.18. The van der Waals surface area contributed by atoms with E-state index >= 15 is 0 Å². The molecule has 0 saturated carbocycles. The number of hydrogen-bond donors (Lipinski definition) is 1. The van der Waals surface area contributed by atoms with Crippen molar-refractivity contribution in [2.24, 2.45) is 5.92 Å². The van der Waals surface area contributed by atoms with Crippen LogP contribution in [0.15, 0.2) is 18.5 Å². The van der Waals surface area contributed by atoms with Crippen LogP contribution in [-0.4, -0.2) is 37.3 Å². The average Bonchev–Trinajstić information content (AvgIpc) is 2.40. The quantitative estimate of drug-likeness (QED) is 0.799. The van der Waals surface area contributed by atoms with E-state index in [-0.39, 0.29) is 5.54 Å². The lowest BCUT2D eigenvalue weighted by Gasteiger charge is -2.29. The minimum Gasteiger partial charge on any atom is -0.383 e. The van der Waals surface area contributed by atoms with E-state index < -0.39 is 0 Å².